The summed E-state index contributed by atoms with van der Waals surface area (Å²) >= 11 is 0. The van der Waals surface area contributed by atoms with Gasteiger partial charge >= 0.3 is 6.03 Å². The number of carbonyl (C=O) groups excluding carboxylic acids is 2. The number of anilines is 2. The fourth-order valence-electron chi connectivity index (χ4n) is 4.10. The Bertz CT molecular complexity index is 897. The SMILES string of the molecule is CC(=O)N(C)c1cnn(C(=O)N2CCN(Cc3cccc(N4CCCC4)c3)CC2)c1. The predicted molar refractivity (Wildman–Crippen MR) is 117 cm³/mol. The first-order valence-corrected chi connectivity index (χ1v) is 10.7. The maximum atomic E-state index is 12.8. The van der Waals surface area contributed by atoms with E-state index in [4.69, 9.17) is 0 Å². The first-order valence-electron chi connectivity index (χ1n) is 10.7. The van der Waals surface area contributed by atoms with Crippen molar-refractivity contribution in [2.75, 3.05) is 56.1 Å². The summed E-state index contributed by atoms with van der Waals surface area (Å²) in [6.45, 7) is 7.70. The zero-order valence-corrected chi connectivity index (χ0v) is 17.8. The van der Waals surface area contributed by atoms with Gasteiger partial charge in [0.25, 0.3) is 0 Å². The van der Waals surface area contributed by atoms with E-state index in [1.807, 2.05) is 4.90 Å². The van der Waals surface area contributed by atoms with Crippen molar-refractivity contribution < 1.29 is 9.59 Å². The molecule has 2 amide bonds. The molecule has 4 rings (SSSR count). The van der Waals surface area contributed by atoms with Crippen LogP contribution in [0.4, 0.5) is 16.2 Å². The van der Waals surface area contributed by atoms with Crippen LogP contribution in [0.5, 0.6) is 0 Å². The molecule has 2 fully saturated rings. The average molecular weight is 411 g/mol. The van der Waals surface area contributed by atoms with Gasteiger partial charge in [-0.05, 0) is 30.5 Å². The minimum Gasteiger partial charge on any atom is -0.372 e. The Morgan fingerprint density at radius 1 is 1.07 bits per heavy atom. The number of hydrogen-bond donors (Lipinski definition) is 0. The van der Waals surface area contributed by atoms with Gasteiger partial charge in [-0.15, -0.1) is 0 Å². The van der Waals surface area contributed by atoms with Crippen LogP contribution in [0.2, 0.25) is 0 Å². The number of aromatic nitrogens is 2. The molecule has 160 valence electrons. The second-order valence-electron chi connectivity index (χ2n) is 8.13. The van der Waals surface area contributed by atoms with E-state index in [9.17, 15) is 9.59 Å². The molecule has 8 nitrogen and oxygen atoms in total. The van der Waals surface area contributed by atoms with Crippen molar-refractivity contribution in [1.29, 1.82) is 0 Å². The highest BCUT2D eigenvalue weighted by molar-refractivity contribution is 5.91. The van der Waals surface area contributed by atoms with Gasteiger partial charge < -0.3 is 14.7 Å². The molecular weight excluding hydrogens is 380 g/mol. The van der Waals surface area contributed by atoms with Crippen molar-refractivity contribution >= 4 is 23.3 Å². The number of benzene rings is 1. The molecule has 0 N–H and O–H groups in total. The number of piperazine rings is 1. The number of amides is 2. The van der Waals surface area contributed by atoms with Crippen LogP contribution in [0.1, 0.15) is 25.3 Å². The van der Waals surface area contributed by atoms with Gasteiger partial charge in [-0.3, -0.25) is 9.69 Å². The van der Waals surface area contributed by atoms with Gasteiger partial charge in [0.15, 0.2) is 0 Å². The highest BCUT2D eigenvalue weighted by Crippen LogP contribution is 2.22. The summed E-state index contributed by atoms with van der Waals surface area (Å²) in [7, 11) is 1.67. The van der Waals surface area contributed by atoms with Gasteiger partial charge in [0, 0.05) is 65.5 Å². The van der Waals surface area contributed by atoms with Crippen LogP contribution in [0.15, 0.2) is 36.7 Å². The highest BCUT2D eigenvalue weighted by Gasteiger charge is 2.23. The Labute approximate surface area is 177 Å². The highest BCUT2D eigenvalue weighted by atomic mass is 16.2. The van der Waals surface area contributed by atoms with Crippen LogP contribution in [-0.4, -0.2) is 77.8 Å². The molecule has 0 spiro atoms. The van der Waals surface area contributed by atoms with Gasteiger partial charge in [-0.1, -0.05) is 12.1 Å². The molecule has 0 aliphatic carbocycles. The van der Waals surface area contributed by atoms with E-state index in [0.29, 0.717) is 18.8 Å². The maximum absolute atomic E-state index is 12.8. The summed E-state index contributed by atoms with van der Waals surface area (Å²) in [6.07, 6.45) is 5.72. The molecule has 2 aliphatic heterocycles. The third-order valence-corrected chi connectivity index (χ3v) is 6.06. The largest absolute Gasteiger partial charge is 0.372 e. The quantitative estimate of drug-likeness (QED) is 0.774. The summed E-state index contributed by atoms with van der Waals surface area (Å²) in [5, 5.41) is 4.14. The Hall–Kier alpha value is -2.87. The molecule has 2 aliphatic rings. The van der Waals surface area contributed by atoms with Crippen LogP contribution < -0.4 is 9.80 Å². The normalized spacial score (nSPS) is 17.4. The Kier molecular flexibility index (Phi) is 6.03. The summed E-state index contributed by atoms with van der Waals surface area (Å²) in [5.41, 5.74) is 3.26. The van der Waals surface area contributed by atoms with Crippen molar-refractivity contribution in [2.45, 2.75) is 26.3 Å². The van der Waals surface area contributed by atoms with E-state index in [2.05, 4.69) is 39.2 Å². The standard InChI is InChI=1S/C22H30N6O2/c1-18(29)24(2)21-15-23-28(17-21)22(30)27-12-10-25(11-13-27)16-19-6-5-7-20(14-19)26-8-3-4-9-26/h5-7,14-15,17H,3-4,8-13,16H2,1-2H3. The van der Waals surface area contributed by atoms with Crippen molar-refractivity contribution in [1.82, 2.24) is 19.6 Å². The molecule has 8 heteroatoms. The Morgan fingerprint density at radius 3 is 2.50 bits per heavy atom. The van der Waals surface area contributed by atoms with E-state index in [0.717, 1.165) is 32.7 Å². The van der Waals surface area contributed by atoms with Crippen LogP contribution in [0, 0.1) is 0 Å². The fraction of sp³-hybridized carbons (Fsp3) is 0.500. The lowest BCUT2D eigenvalue weighted by atomic mass is 10.1. The van der Waals surface area contributed by atoms with Gasteiger partial charge in [0.05, 0.1) is 18.1 Å². The van der Waals surface area contributed by atoms with E-state index in [1.54, 1.807) is 19.4 Å². The molecule has 1 aromatic carbocycles. The Balaban J connectivity index is 1.31. The summed E-state index contributed by atoms with van der Waals surface area (Å²) in [6, 6.07) is 8.70. The molecule has 30 heavy (non-hydrogen) atoms. The number of hydrogen-bond acceptors (Lipinski definition) is 5. The van der Waals surface area contributed by atoms with Crippen LogP contribution >= 0.6 is 0 Å². The summed E-state index contributed by atoms with van der Waals surface area (Å²) in [5.74, 6) is -0.0931. The van der Waals surface area contributed by atoms with Gasteiger partial charge in [-0.2, -0.15) is 9.78 Å². The molecule has 0 radical (unpaired) electrons. The molecule has 1 aromatic heterocycles. The monoisotopic (exact) mass is 410 g/mol. The molecule has 0 unspecified atom stereocenters. The maximum Gasteiger partial charge on any atom is 0.344 e. The van der Waals surface area contributed by atoms with Crippen LogP contribution in [0.25, 0.3) is 0 Å². The fourth-order valence-corrected chi connectivity index (χ4v) is 4.10. The van der Waals surface area contributed by atoms with Gasteiger partial charge in [0.1, 0.15) is 0 Å². The first kappa shape index (κ1) is 20.4. The lowest BCUT2D eigenvalue weighted by Crippen LogP contribution is -2.49. The zero-order valence-electron chi connectivity index (χ0n) is 17.8. The molecule has 0 bridgehead atoms. The zero-order chi connectivity index (χ0) is 21.1. The average Bonchev–Trinajstić information content (AvgIpc) is 3.46. The van der Waals surface area contributed by atoms with E-state index in [-0.39, 0.29) is 11.9 Å². The molecule has 2 aromatic rings. The topological polar surface area (TPSA) is 64.9 Å². The first-order chi connectivity index (χ1) is 14.5. The van der Waals surface area contributed by atoms with Crippen molar-refractivity contribution in [3.05, 3.63) is 42.2 Å². The van der Waals surface area contributed by atoms with Crippen molar-refractivity contribution in [3.8, 4) is 0 Å². The summed E-state index contributed by atoms with van der Waals surface area (Å²) < 4.78 is 1.32. The lowest BCUT2D eigenvalue weighted by Gasteiger charge is -2.34. The van der Waals surface area contributed by atoms with Gasteiger partial charge in [0.2, 0.25) is 5.91 Å². The number of nitrogens with zero attached hydrogens (tertiary/aromatic N) is 6. The van der Waals surface area contributed by atoms with Crippen LogP contribution in [0.3, 0.4) is 0 Å². The Morgan fingerprint density at radius 2 is 1.80 bits per heavy atom. The minimum absolute atomic E-state index is 0.0931. The predicted octanol–water partition coefficient (Wildman–Crippen LogP) is 2.25. The summed E-state index contributed by atoms with van der Waals surface area (Å²) in [4.78, 5) is 32.4. The molecule has 0 atom stereocenters. The third-order valence-electron chi connectivity index (χ3n) is 6.06. The molecule has 0 saturated carbocycles. The van der Waals surface area contributed by atoms with E-state index < -0.39 is 0 Å². The minimum atomic E-state index is -0.145. The second kappa shape index (κ2) is 8.87. The smallest absolute Gasteiger partial charge is 0.344 e. The van der Waals surface area contributed by atoms with Gasteiger partial charge in [-0.25, -0.2) is 4.79 Å². The molecular formula is C22H30N6O2. The number of rotatable bonds is 4. The van der Waals surface area contributed by atoms with Crippen molar-refractivity contribution in [2.24, 2.45) is 0 Å². The third kappa shape index (κ3) is 4.48. The number of carbonyl (C=O) groups is 2. The van der Waals surface area contributed by atoms with Crippen molar-refractivity contribution in [3.63, 3.8) is 0 Å². The lowest BCUT2D eigenvalue weighted by molar-refractivity contribution is -0.116. The van der Waals surface area contributed by atoms with E-state index >= 15 is 0 Å². The molecule has 3 heterocycles. The second-order valence-corrected chi connectivity index (χ2v) is 8.13. The van der Waals surface area contributed by atoms with Crippen LogP contribution in [-0.2, 0) is 11.3 Å². The molecule has 2 saturated heterocycles. The van der Waals surface area contributed by atoms with E-state index in [1.165, 1.54) is 40.6 Å².